The van der Waals surface area contributed by atoms with E-state index in [2.05, 4.69) is 15.3 Å². The van der Waals surface area contributed by atoms with Crippen LogP contribution in [0.15, 0.2) is 34.5 Å². The Labute approximate surface area is 132 Å². The molecule has 0 fully saturated rings. The number of hydrogen-bond donors (Lipinski definition) is 0. The van der Waals surface area contributed by atoms with E-state index in [0.29, 0.717) is 18.2 Å². The van der Waals surface area contributed by atoms with Gasteiger partial charge in [0.05, 0.1) is 18.7 Å². The minimum atomic E-state index is -0.254. The Balaban J connectivity index is 1.89. The summed E-state index contributed by atoms with van der Waals surface area (Å²) < 4.78 is 6.67. The summed E-state index contributed by atoms with van der Waals surface area (Å²) in [4.78, 5) is 11.6. The predicted molar refractivity (Wildman–Crippen MR) is 85.0 cm³/mol. The van der Waals surface area contributed by atoms with Gasteiger partial charge in [-0.1, -0.05) is 41.6 Å². The summed E-state index contributed by atoms with van der Waals surface area (Å²) in [7, 11) is 0. The first-order valence-electron chi connectivity index (χ1n) is 7.05. The summed E-state index contributed by atoms with van der Waals surface area (Å²) in [5.74, 6) is 1.06. The third kappa shape index (κ3) is 3.04. The maximum Gasteiger partial charge on any atom is 0.311 e. The third-order valence-corrected chi connectivity index (χ3v) is 4.18. The molecular weight excluding hydrogens is 300 g/mol. The summed E-state index contributed by atoms with van der Waals surface area (Å²) in [6, 6.07) is 8.03. The van der Waals surface area contributed by atoms with Crippen LogP contribution in [0.3, 0.4) is 0 Å². The highest BCUT2D eigenvalue weighted by atomic mass is 32.2. The second-order valence-electron chi connectivity index (χ2n) is 4.92. The van der Waals surface area contributed by atoms with Gasteiger partial charge >= 0.3 is 5.97 Å². The Morgan fingerprint density at radius 1 is 1.32 bits per heavy atom. The van der Waals surface area contributed by atoms with Crippen molar-refractivity contribution in [3.8, 4) is 11.4 Å². The van der Waals surface area contributed by atoms with Crippen LogP contribution >= 0.6 is 11.8 Å². The standard InChI is InChI=1S/C15H16N4O2S/c1-3-21-13(20)8-12-9-22-15-17-16-14(19(15)18-12)11-6-4-10(2)5-7-11/h4-7H,3,8-9H2,1-2H3. The Kier molecular flexibility index (Phi) is 4.24. The lowest BCUT2D eigenvalue weighted by molar-refractivity contribution is -0.141. The second kappa shape index (κ2) is 6.31. The van der Waals surface area contributed by atoms with Gasteiger partial charge in [-0.25, -0.2) is 0 Å². The molecule has 0 spiro atoms. The number of ether oxygens (including phenoxy) is 1. The van der Waals surface area contributed by atoms with Gasteiger partial charge in [0.25, 0.3) is 0 Å². The molecule has 1 aliphatic heterocycles. The van der Waals surface area contributed by atoms with E-state index in [4.69, 9.17) is 4.74 Å². The molecule has 2 aromatic rings. The largest absolute Gasteiger partial charge is 0.466 e. The number of aryl methyl sites for hydroxylation is 1. The molecule has 0 bridgehead atoms. The Morgan fingerprint density at radius 3 is 2.82 bits per heavy atom. The maximum atomic E-state index is 11.6. The first-order valence-corrected chi connectivity index (χ1v) is 8.03. The van der Waals surface area contributed by atoms with Crippen LogP contribution in [0.1, 0.15) is 18.9 Å². The number of thioether (sulfide) groups is 1. The van der Waals surface area contributed by atoms with Crippen LogP contribution in [0.2, 0.25) is 0 Å². The Bertz CT molecular complexity index is 722. The molecule has 7 heteroatoms. The first-order chi connectivity index (χ1) is 10.7. The molecule has 0 N–H and O–H groups in total. The fraction of sp³-hybridized carbons (Fsp3) is 0.333. The second-order valence-corrected chi connectivity index (χ2v) is 5.86. The van der Waals surface area contributed by atoms with Gasteiger partial charge in [0.1, 0.15) is 0 Å². The van der Waals surface area contributed by atoms with Crippen LogP contribution < -0.4 is 0 Å². The smallest absolute Gasteiger partial charge is 0.311 e. The number of fused-ring (bicyclic) bond motifs is 1. The average molecular weight is 316 g/mol. The van der Waals surface area contributed by atoms with Gasteiger partial charge in [0.2, 0.25) is 5.16 Å². The molecule has 0 aliphatic carbocycles. The van der Waals surface area contributed by atoms with E-state index < -0.39 is 0 Å². The SMILES string of the molecule is CCOC(=O)CC1=Nn2c(nnc2-c2ccc(C)cc2)SC1. The monoisotopic (exact) mass is 316 g/mol. The van der Waals surface area contributed by atoms with Crippen LogP contribution in [0.4, 0.5) is 0 Å². The summed E-state index contributed by atoms with van der Waals surface area (Å²) in [6.45, 7) is 4.21. The van der Waals surface area contributed by atoms with E-state index in [0.717, 1.165) is 16.4 Å². The topological polar surface area (TPSA) is 69.4 Å². The molecule has 1 aromatic heterocycles. The van der Waals surface area contributed by atoms with Gasteiger partial charge in [0.15, 0.2) is 5.82 Å². The van der Waals surface area contributed by atoms with Gasteiger partial charge in [-0.2, -0.15) is 9.78 Å². The number of rotatable bonds is 4. The minimum Gasteiger partial charge on any atom is -0.466 e. The molecule has 2 heterocycles. The highest BCUT2D eigenvalue weighted by Crippen LogP contribution is 2.27. The van der Waals surface area contributed by atoms with Crippen molar-refractivity contribution in [1.82, 2.24) is 14.9 Å². The number of carbonyl (C=O) groups is 1. The number of carbonyl (C=O) groups excluding carboxylic acids is 1. The van der Waals surface area contributed by atoms with Crippen molar-refractivity contribution in [2.45, 2.75) is 25.4 Å². The van der Waals surface area contributed by atoms with Gasteiger partial charge in [0, 0.05) is 11.3 Å². The maximum absolute atomic E-state index is 11.6. The molecule has 114 valence electrons. The van der Waals surface area contributed by atoms with Gasteiger partial charge in [-0.15, -0.1) is 10.2 Å². The fourth-order valence-corrected chi connectivity index (χ4v) is 2.92. The van der Waals surface area contributed by atoms with Crippen molar-refractivity contribution in [2.24, 2.45) is 5.10 Å². The van der Waals surface area contributed by atoms with Crippen LogP contribution in [-0.2, 0) is 9.53 Å². The number of esters is 1. The van der Waals surface area contributed by atoms with E-state index in [1.165, 1.54) is 17.3 Å². The van der Waals surface area contributed by atoms with Crippen molar-refractivity contribution in [2.75, 3.05) is 12.4 Å². The van der Waals surface area contributed by atoms with E-state index in [-0.39, 0.29) is 12.4 Å². The zero-order chi connectivity index (χ0) is 15.5. The predicted octanol–water partition coefficient (Wildman–Crippen LogP) is 2.52. The summed E-state index contributed by atoms with van der Waals surface area (Å²) in [5, 5.41) is 13.6. The highest BCUT2D eigenvalue weighted by Gasteiger charge is 2.21. The lowest BCUT2D eigenvalue weighted by atomic mass is 10.1. The molecule has 0 saturated carbocycles. The molecule has 3 rings (SSSR count). The lowest BCUT2D eigenvalue weighted by Crippen LogP contribution is -2.18. The Morgan fingerprint density at radius 2 is 2.09 bits per heavy atom. The van der Waals surface area contributed by atoms with Crippen molar-refractivity contribution in [3.05, 3.63) is 29.8 Å². The van der Waals surface area contributed by atoms with Gasteiger partial charge < -0.3 is 4.74 Å². The van der Waals surface area contributed by atoms with Crippen LogP contribution in [0.25, 0.3) is 11.4 Å². The molecule has 0 atom stereocenters. The lowest BCUT2D eigenvalue weighted by Gasteiger charge is -2.13. The fourth-order valence-electron chi connectivity index (χ4n) is 2.11. The van der Waals surface area contributed by atoms with E-state index >= 15 is 0 Å². The molecule has 0 unspecified atom stereocenters. The van der Waals surface area contributed by atoms with Crippen molar-refractivity contribution < 1.29 is 9.53 Å². The third-order valence-electron chi connectivity index (χ3n) is 3.18. The molecule has 1 aliphatic rings. The van der Waals surface area contributed by atoms with Gasteiger partial charge in [-0.05, 0) is 13.8 Å². The molecule has 0 radical (unpaired) electrons. The number of nitrogens with zero attached hydrogens (tertiary/aromatic N) is 4. The number of aromatic nitrogens is 3. The van der Waals surface area contributed by atoms with Crippen molar-refractivity contribution in [3.63, 3.8) is 0 Å². The highest BCUT2D eigenvalue weighted by molar-refractivity contribution is 7.99. The van der Waals surface area contributed by atoms with Crippen LogP contribution in [0.5, 0.6) is 0 Å². The van der Waals surface area contributed by atoms with E-state index in [1.54, 1.807) is 11.6 Å². The minimum absolute atomic E-state index is 0.200. The van der Waals surface area contributed by atoms with Crippen LogP contribution in [0, 0.1) is 6.92 Å². The average Bonchev–Trinajstić information content (AvgIpc) is 2.91. The molecule has 0 amide bonds. The summed E-state index contributed by atoms with van der Waals surface area (Å²) in [5.41, 5.74) is 2.90. The molecular formula is C15H16N4O2S. The van der Waals surface area contributed by atoms with Crippen LogP contribution in [-0.4, -0.2) is 38.9 Å². The molecule has 0 saturated heterocycles. The van der Waals surface area contributed by atoms with E-state index in [1.807, 2.05) is 31.2 Å². The van der Waals surface area contributed by atoms with Crippen molar-refractivity contribution in [1.29, 1.82) is 0 Å². The molecule has 22 heavy (non-hydrogen) atoms. The number of hydrogen-bond acceptors (Lipinski definition) is 6. The number of benzene rings is 1. The zero-order valence-corrected chi connectivity index (χ0v) is 13.3. The Hall–Kier alpha value is -2.15. The van der Waals surface area contributed by atoms with Crippen molar-refractivity contribution >= 4 is 23.4 Å². The normalized spacial score (nSPS) is 13.5. The zero-order valence-electron chi connectivity index (χ0n) is 12.4. The summed E-state index contributed by atoms with van der Waals surface area (Å²) >= 11 is 1.53. The van der Waals surface area contributed by atoms with E-state index in [9.17, 15) is 4.79 Å². The molecule has 1 aromatic carbocycles. The first kappa shape index (κ1) is 14.8. The molecule has 6 nitrogen and oxygen atoms in total. The quantitative estimate of drug-likeness (QED) is 0.811. The summed E-state index contributed by atoms with van der Waals surface area (Å²) in [6.07, 6.45) is 0.200. The van der Waals surface area contributed by atoms with Gasteiger partial charge in [-0.3, -0.25) is 4.79 Å².